The second-order valence-electron chi connectivity index (χ2n) is 6.62. The zero-order valence-electron chi connectivity index (χ0n) is 15.1. The van der Waals surface area contributed by atoms with Crippen molar-refractivity contribution in [3.63, 3.8) is 0 Å². The summed E-state index contributed by atoms with van der Waals surface area (Å²) < 4.78 is 187. The molecule has 1 heterocycles. The van der Waals surface area contributed by atoms with Gasteiger partial charge in [0.2, 0.25) is 11.9 Å². The lowest BCUT2D eigenvalue weighted by molar-refractivity contribution is -0.451. The van der Waals surface area contributed by atoms with E-state index in [9.17, 15) is 71.4 Å². The highest BCUT2D eigenvalue weighted by Gasteiger charge is 2.93. The number of hydrazine groups is 1. The van der Waals surface area contributed by atoms with Gasteiger partial charge in [0, 0.05) is 0 Å². The molecular weight excluding hydrogens is 506 g/mol. The summed E-state index contributed by atoms with van der Waals surface area (Å²) in [5.74, 6) is -42.1. The van der Waals surface area contributed by atoms with Crippen molar-refractivity contribution in [2.45, 2.75) is 47.7 Å². The number of nitrogens with zero attached hydrogens (tertiary/aromatic N) is 1. The van der Waals surface area contributed by atoms with Crippen LogP contribution in [0, 0.1) is 0 Å². The van der Waals surface area contributed by atoms with Crippen LogP contribution in [-0.4, -0.2) is 58.7 Å². The first kappa shape index (κ1) is 26.9. The minimum atomic E-state index is -8.26. The molecule has 2 N–H and O–H groups in total. The van der Waals surface area contributed by atoms with Gasteiger partial charge in [0.15, 0.2) is 0 Å². The van der Waals surface area contributed by atoms with E-state index in [0.717, 1.165) is 24.3 Å². The molecule has 1 saturated heterocycles. The molecule has 1 unspecified atom stereocenters. The molecule has 0 aromatic heterocycles. The van der Waals surface area contributed by atoms with E-state index in [2.05, 4.69) is 0 Å². The van der Waals surface area contributed by atoms with Crippen molar-refractivity contribution in [2.75, 3.05) is 5.01 Å². The Hall–Kier alpha value is -2.37. The third kappa shape index (κ3) is 3.31. The lowest BCUT2D eigenvalue weighted by Crippen LogP contribution is -2.77. The van der Waals surface area contributed by atoms with Crippen LogP contribution in [0.25, 0.3) is 0 Å². The van der Waals surface area contributed by atoms with Gasteiger partial charge in [-0.3, -0.25) is 4.79 Å². The minimum Gasteiger partial charge on any atom is -0.366 e. The fourth-order valence-electron chi connectivity index (χ4n) is 2.58. The molecule has 1 aromatic rings. The zero-order valence-corrected chi connectivity index (χ0v) is 15.1. The van der Waals surface area contributed by atoms with E-state index in [1.165, 1.54) is 6.07 Å². The fraction of sp³-hybridized carbons (Fsp3) is 0.533. The van der Waals surface area contributed by atoms with Gasteiger partial charge in [-0.15, -0.1) is 0 Å². The molecule has 1 aliphatic rings. The average molecular weight is 514 g/mol. The Balaban J connectivity index is 2.60. The number of amides is 1. The number of alkyl halides is 14. The molecule has 0 spiro atoms. The predicted octanol–water partition coefficient (Wildman–Crippen LogP) is 4.30. The normalized spacial score (nSPS) is 23.9. The molecule has 1 fully saturated rings. The van der Waals surface area contributed by atoms with Crippen molar-refractivity contribution in [2.24, 2.45) is 0 Å². The highest BCUT2D eigenvalue weighted by atomic mass is 19.4. The Morgan fingerprint density at radius 1 is 0.758 bits per heavy atom. The summed E-state index contributed by atoms with van der Waals surface area (Å²) in [6, 6.07) is 4.89. The average Bonchev–Trinajstić information content (AvgIpc) is 2.92. The van der Waals surface area contributed by atoms with Gasteiger partial charge in [-0.05, 0) is 12.1 Å². The summed E-state index contributed by atoms with van der Waals surface area (Å²) in [5.41, 5.74) is -5.51. The van der Waals surface area contributed by atoms with Crippen molar-refractivity contribution in [3.05, 3.63) is 30.3 Å². The van der Waals surface area contributed by atoms with E-state index in [1.807, 2.05) is 0 Å². The van der Waals surface area contributed by atoms with E-state index in [0.29, 0.717) is 5.43 Å². The molecule has 0 aliphatic carbocycles. The molecule has 188 valence electrons. The number of carbonyl (C=O) groups excluding carboxylic acids is 1. The summed E-state index contributed by atoms with van der Waals surface area (Å²) in [6.45, 7) is 0. The maximum atomic E-state index is 14.3. The molecule has 33 heavy (non-hydrogen) atoms. The number of aliphatic hydroxyl groups is 1. The molecule has 18 heteroatoms. The highest BCUT2D eigenvalue weighted by Crippen LogP contribution is 2.62. The summed E-state index contributed by atoms with van der Waals surface area (Å²) in [7, 11) is 0. The summed E-state index contributed by atoms with van der Waals surface area (Å²) in [6.07, 6.45) is -11.9. The fourth-order valence-corrected chi connectivity index (χ4v) is 2.58. The quantitative estimate of drug-likeness (QED) is 0.557. The van der Waals surface area contributed by atoms with Gasteiger partial charge in [-0.2, -0.15) is 62.5 Å². The number of benzene rings is 1. The Bertz CT molecular complexity index is 904. The minimum absolute atomic E-state index is 0.421. The van der Waals surface area contributed by atoms with E-state index < -0.39 is 64.3 Å². The van der Waals surface area contributed by atoms with Crippen molar-refractivity contribution in [3.8, 4) is 0 Å². The number of carbonyl (C=O) groups is 1. The van der Waals surface area contributed by atoms with Crippen molar-refractivity contribution < 1.29 is 71.4 Å². The second-order valence-corrected chi connectivity index (χ2v) is 6.62. The van der Waals surface area contributed by atoms with Gasteiger partial charge >= 0.3 is 35.8 Å². The van der Waals surface area contributed by atoms with Crippen LogP contribution in [0.3, 0.4) is 0 Å². The van der Waals surface area contributed by atoms with Crippen molar-refractivity contribution >= 4 is 11.6 Å². The largest absolute Gasteiger partial charge is 0.460 e. The number of rotatable bonds is 6. The second kappa shape index (κ2) is 7.31. The van der Waals surface area contributed by atoms with Crippen LogP contribution in [0.4, 0.5) is 67.2 Å². The molecule has 2 atom stereocenters. The number of hydrogen-bond acceptors (Lipinski definition) is 3. The molecule has 4 nitrogen and oxygen atoms in total. The first-order valence-corrected chi connectivity index (χ1v) is 8.01. The summed E-state index contributed by atoms with van der Waals surface area (Å²) in [4.78, 5) is 11.8. The van der Waals surface area contributed by atoms with Crippen LogP contribution in [0.15, 0.2) is 30.3 Å². The van der Waals surface area contributed by atoms with Gasteiger partial charge in [0.05, 0.1) is 5.69 Å². The Labute approximate surface area is 172 Å². The van der Waals surface area contributed by atoms with E-state index in [-0.39, 0.29) is 0 Å². The standard InChI is InChI=1S/C15H8F14N2O2/c16-7-8(32)31(6-4-2-1-3-5-6)30-9(7,33)10(17,18)11(19,20)12(21,22)13(23,24)14(25,26)15(27,28)29/h1-5,7,30,33H/t7?,9-/m1/s1. The number of para-hydroxylation sites is 1. The number of nitrogens with one attached hydrogen (secondary N) is 1. The predicted molar refractivity (Wildman–Crippen MR) is 77.7 cm³/mol. The Morgan fingerprint density at radius 2 is 1.18 bits per heavy atom. The van der Waals surface area contributed by atoms with Gasteiger partial charge < -0.3 is 5.11 Å². The molecule has 0 saturated carbocycles. The molecule has 1 aromatic carbocycles. The van der Waals surface area contributed by atoms with Gasteiger partial charge in [-0.1, -0.05) is 18.2 Å². The molecule has 0 bridgehead atoms. The third-order valence-electron chi connectivity index (χ3n) is 4.51. The van der Waals surface area contributed by atoms with Gasteiger partial charge in [0.1, 0.15) is 0 Å². The molecule has 1 amide bonds. The van der Waals surface area contributed by atoms with Crippen LogP contribution in [0.2, 0.25) is 0 Å². The number of hydrogen-bond donors (Lipinski definition) is 2. The zero-order chi connectivity index (χ0) is 26.1. The number of halogens is 14. The molecule has 0 radical (unpaired) electrons. The smallest absolute Gasteiger partial charge is 0.366 e. The lowest BCUT2D eigenvalue weighted by Gasteiger charge is -2.43. The van der Waals surface area contributed by atoms with Crippen LogP contribution in [0.5, 0.6) is 0 Å². The first-order valence-electron chi connectivity index (χ1n) is 8.01. The van der Waals surface area contributed by atoms with Crippen LogP contribution < -0.4 is 10.4 Å². The van der Waals surface area contributed by atoms with Crippen LogP contribution >= 0.6 is 0 Å². The SMILES string of the molecule is O=C1C(F)[C@@](O)(C(F)(F)C(F)(F)C(F)(F)C(F)(F)C(F)(F)C(F)(F)F)NN1c1ccccc1. The molecular formula is C15H8F14N2O2. The van der Waals surface area contributed by atoms with E-state index >= 15 is 0 Å². The monoisotopic (exact) mass is 514 g/mol. The topological polar surface area (TPSA) is 52.6 Å². The summed E-state index contributed by atoms with van der Waals surface area (Å²) in [5, 5.41) is 9.23. The third-order valence-corrected chi connectivity index (χ3v) is 4.51. The maximum Gasteiger partial charge on any atom is 0.460 e. The number of anilines is 1. The van der Waals surface area contributed by atoms with E-state index in [4.69, 9.17) is 0 Å². The van der Waals surface area contributed by atoms with Crippen molar-refractivity contribution in [1.82, 2.24) is 5.43 Å². The maximum absolute atomic E-state index is 14.3. The Morgan fingerprint density at radius 3 is 1.61 bits per heavy atom. The van der Waals surface area contributed by atoms with Gasteiger partial charge in [0.25, 0.3) is 5.91 Å². The summed E-state index contributed by atoms with van der Waals surface area (Å²) >= 11 is 0. The van der Waals surface area contributed by atoms with Gasteiger partial charge in [-0.25, -0.2) is 9.40 Å². The van der Waals surface area contributed by atoms with E-state index in [1.54, 1.807) is 0 Å². The Kier molecular flexibility index (Phi) is 5.96. The first-order chi connectivity index (χ1) is 14.5. The lowest BCUT2D eigenvalue weighted by atomic mass is 9.87. The molecule has 1 aliphatic heterocycles. The highest BCUT2D eigenvalue weighted by molar-refractivity contribution is 5.99. The molecule has 2 rings (SSSR count). The van der Waals surface area contributed by atoms with Crippen LogP contribution in [0.1, 0.15) is 0 Å². The van der Waals surface area contributed by atoms with Crippen molar-refractivity contribution in [1.29, 1.82) is 0 Å². The van der Waals surface area contributed by atoms with Crippen LogP contribution in [-0.2, 0) is 4.79 Å².